The number of aromatic nitrogens is 1. The third-order valence-corrected chi connectivity index (χ3v) is 5.02. The summed E-state index contributed by atoms with van der Waals surface area (Å²) in [5.74, 6) is -0.253. The number of rotatable bonds is 4. The van der Waals surface area contributed by atoms with Crippen molar-refractivity contribution in [3.05, 3.63) is 113 Å². The standard InChI is InChI=1S/C26H21FN2/c1-18-7-9-22(10-8-18)26(19(2)20-13-15-28-16-14-20)29-17-23-12-11-21-5-3-4-6-24(21)25(23)27/h3-17H,1-2H3/b26-19+,29-17+. The SMILES string of the molecule is C/C(=C(\N=C\c1ccc2ccccc2c1F)c1ccc(C)cc1)c1ccncc1. The van der Waals surface area contributed by atoms with E-state index in [1.807, 2.05) is 55.5 Å². The van der Waals surface area contributed by atoms with E-state index in [4.69, 9.17) is 4.99 Å². The second-order valence-electron chi connectivity index (χ2n) is 7.02. The van der Waals surface area contributed by atoms with E-state index in [1.54, 1.807) is 30.7 Å². The Balaban J connectivity index is 1.82. The minimum atomic E-state index is -0.253. The van der Waals surface area contributed by atoms with Crippen molar-refractivity contribution in [2.45, 2.75) is 13.8 Å². The van der Waals surface area contributed by atoms with Gasteiger partial charge in [0.25, 0.3) is 0 Å². The van der Waals surface area contributed by atoms with E-state index >= 15 is 0 Å². The number of allylic oxidation sites excluding steroid dienone is 1. The van der Waals surface area contributed by atoms with Crippen molar-refractivity contribution in [1.29, 1.82) is 0 Å². The molecule has 0 radical (unpaired) electrons. The van der Waals surface area contributed by atoms with Crippen molar-refractivity contribution < 1.29 is 4.39 Å². The van der Waals surface area contributed by atoms with Crippen LogP contribution in [0.1, 0.15) is 29.2 Å². The van der Waals surface area contributed by atoms with Crippen LogP contribution in [0.5, 0.6) is 0 Å². The van der Waals surface area contributed by atoms with E-state index in [-0.39, 0.29) is 5.82 Å². The normalized spacial score (nSPS) is 12.4. The van der Waals surface area contributed by atoms with Crippen LogP contribution in [0.15, 0.2) is 90.2 Å². The van der Waals surface area contributed by atoms with E-state index in [2.05, 4.69) is 24.0 Å². The number of aliphatic imine (C=N–C) groups is 1. The minimum Gasteiger partial charge on any atom is -0.265 e. The van der Waals surface area contributed by atoms with Crippen molar-refractivity contribution in [2.24, 2.45) is 4.99 Å². The van der Waals surface area contributed by atoms with Gasteiger partial charge in [-0.2, -0.15) is 0 Å². The Hall–Kier alpha value is -3.59. The van der Waals surface area contributed by atoms with Crippen LogP contribution in [0.3, 0.4) is 0 Å². The van der Waals surface area contributed by atoms with Gasteiger partial charge in [-0.05, 0) is 48.6 Å². The third-order valence-electron chi connectivity index (χ3n) is 5.02. The predicted molar refractivity (Wildman–Crippen MR) is 119 cm³/mol. The molecule has 1 aromatic heterocycles. The summed E-state index contributed by atoms with van der Waals surface area (Å²) < 4.78 is 15.0. The molecule has 0 spiro atoms. The van der Waals surface area contributed by atoms with E-state index in [9.17, 15) is 4.39 Å². The Morgan fingerprint density at radius 2 is 1.59 bits per heavy atom. The molecule has 29 heavy (non-hydrogen) atoms. The van der Waals surface area contributed by atoms with Crippen LogP contribution in [-0.2, 0) is 0 Å². The van der Waals surface area contributed by atoms with Gasteiger partial charge in [-0.3, -0.25) is 9.98 Å². The molecule has 3 aromatic carbocycles. The topological polar surface area (TPSA) is 25.2 Å². The van der Waals surface area contributed by atoms with Gasteiger partial charge >= 0.3 is 0 Å². The van der Waals surface area contributed by atoms with Crippen LogP contribution in [0.2, 0.25) is 0 Å². The van der Waals surface area contributed by atoms with Gasteiger partial charge < -0.3 is 0 Å². The molecule has 0 N–H and O–H groups in total. The molecule has 0 aliphatic rings. The molecule has 0 saturated heterocycles. The maximum absolute atomic E-state index is 15.0. The van der Waals surface area contributed by atoms with E-state index < -0.39 is 0 Å². The highest BCUT2D eigenvalue weighted by Crippen LogP contribution is 2.28. The third kappa shape index (κ3) is 3.99. The highest BCUT2D eigenvalue weighted by atomic mass is 19.1. The van der Waals surface area contributed by atoms with Crippen LogP contribution in [0, 0.1) is 12.7 Å². The minimum absolute atomic E-state index is 0.253. The average Bonchev–Trinajstić information content (AvgIpc) is 2.77. The number of nitrogens with zero attached hydrogens (tertiary/aromatic N) is 2. The monoisotopic (exact) mass is 380 g/mol. The summed E-state index contributed by atoms with van der Waals surface area (Å²) in [6.45, 7) is 4.08. The second kappa shape index (κ2) is 8.19. The van der Waals surface area contributed by atoms with Gasteiger partial charge in [-0.1, -0.05) is 60.2 Å². The summed E-state index contributed by atoms with van der Waals surface area (Å²) in [6.07, 6.45) is 5.14. The smallest absolute Gasteiger partial charge is 0.139 e. The van der Waals surface area contributed by atoms with Crippen molar-refractivity contribution in [3.8, 4) is 0 Å². The molecule has 0 aliphatic heterocycles. The van der Waals surface area contributed by atoms with Gasteiger partial charge in [-0.25, -0.2) is 4.39 Å². The van der Waals surface area contributed by atoms with Crippen molar-refractivity contribution in [3.63, 3.8) is 0 Å². The number of aryl methyl sites for hydroxylation is 1. The quantitative estimate of drug-likeness (QED) is 0.362. The lowest BCUT2D eigenvalue weighted by atomic mass is 10.0. The first-order valence-corrected chi connectivity index (χ1v) is 9.53. The lowest BCUT2D eigenvalue weighted by Gasteiger charge is -2.10. The molecule has 4 rings (SSSR count). The molecule has 0 aliphatic carbocycles. The summed E-state index contributed by atoms with van der Waals surface area (Å²) in [5.41, 5.74) is 5.49. The Kier molecular flexibility index (Phi) is 5.30. The molecule has 0 saturated carbocycles. The molecule has 0 unspecified atom stereocenters. The summed E-state index contributed by atoms with van der Waals surface area (Å²) in [4.78, 5) is 8.83. The molecular formula is C26H21FN2. The summed E-state index contributed by atoms with van der Waals surface area (Å²) in [6, 6.07) is 23.3. The maximum atomic E-state index is 15.0. The lowest BCUT2D eigenvalue weighted by Crippen LogP contribution is -1.93. The molecule has 4 aromatic rings. The zero-order valence-corrected chi connectivity index (χ0v) is 16.4. The van der Waals surface area contributed by atoms with Crippen LogP contribution < -0.4 is 0 Å². The summed E-state index contributed by atoms with van der Waals surface area (Å²) in [7, 11) is 0. The Morgan fingerprint density at radius 1 is 0.862 bits per heavy atom. The van der Waals surface area contributed by atoms with Gasteiger partial charge in [0.15, 0.2) is 0 Å². The van der Waals surface area contributed by atoms with Crippen LogP contribution >= 0.6 is 0 Å². The molecule has 0 atom stereocenters. The zero-order valence-electron chi connectivity index (χ0n) is 16.4. The van der Waals surface area contributed by atoms with Crippen molar-refractivity contribution in [2.75, 3.05) is 0 Å². The number of halogens is 1. The van der Waals surface area contributed by atoms with Gasteiger partial charge in [0.2, 0.25) is 0 Å². The molecule has 0 amide bonds. The van der Waals surface area contributed by atoms with Gasteiger partial charge in [0.05, 0.1) is 5.70 Å². The van der Waals surface area contributed by atoms with Crippen LogP contribution in [0.25, 0.3) is 22.0 Å². The van der Waals surface area contributed by atoms with Gasteiger partial charge in [-0.15, -0.1) is 0 Å². The summed E-state index contributed by atoms with van der Waals surface area (Å²) >= 11 is 0. The molecular weight excluding hydrogens is 359 g/mol. The number of hydrogen-bond donors (Lipinski definition) is 0. The second-order valence-corrected chi connectivity index (χ2v) is 7.02. The van der Waals surface area contributed by atoms with Crippen LogP contribution in [-0.4, -0.2) is 11.2 Å². The predicted octanol–water partition coefficient (Wildman–Crippen LogP) is 6.69. The fourth-order valence-corrected chi connectivity index (χ4v) is 3.32. The van der Waals surface area contributed by atoms with Crippen LogP contribution in [0.4, 0.5) is 4.39 Å². The molecule has 2 nitrogen and oxygen atoms in total. The first-order valence-electron chi connectivity index (χ1n) is 9.53. The van der Waals surface area contributed by atoms with E-state index in [0.29, 0.717) is 10.9 Å². The van der Waals surface area contributed by atoms with Gasteiger partial charge in [0, 0.05) is 35.1 Å². The molecule has 0 bridgehead atoms. The Morgan fingerprint density at radius 3 is 2.34 bits per heavy atom. The number of pyridine rings is 1. The largest absolute Gasteiger partial charge is 0.265 e. The van der Waals surface area contributed by atoms with Crippen molar-refractivity contribution in [1.82, 2.24) is 4.98 Å². The summed E-state index contributed by atoms with van der Waals surface area (Å²) in [5, 5.41) is 1.48. The maximum Gasteiger partial charge on any atom is 0.139 e. The highest BCUT2D eigenvalue weighted by Gasteiger charge is 2.09. The molecule has 142 valence electrons. The van der Waals surface area contributed by atoms with Crippen molar-refractivity contribution >= 4 is 28.3 Å². The number of benzene rings is 3. The fourth-order valence-electron chi connectivity index (χ4n) is 3.32. The first kappa shape index (κ1) is 18.8. The highest BCUT2D eigenvalue weighted by molar-refractivity contribution is 5.97. The van der Waals surface area contributed by atoms with E-state index in [0.717, 1.165) is 27.8 Å². The lowest BCUT2D eigenvalue weighted by molar-refractivity contribution is 0.638. The molecule has 3 heteroatoms. The first-order chi connectivity index (χ1) is 14.1. The Bertz CT molecular complexity index is 1210. The fraction of sp³-hybridized carbons (Fsp3) is 0.0769. The zero-order chi connectivity index (χ0) is 20.2. The van der Waals surface area contributed by atoms with E-state index in [1.165, 1.54) is 5.56 Å². The molecule has 0 fully saturated rings. The number of hydrogen-bond acceptors (Lipinski definition) is 2. The van der Waals surface area contributed by atoms with Gasteiger partial charge in [0.1, 0.15) is 5.82 Å². The number of fused-ring (bicyclic) bond motifs is 1. The molecule has 1 heterocycles. The average molecular weight is 380 g/mol. The Labute approximate surface area is 170 Å².